The minimum Gasteiger partial charge on any atom is -0.481 e. The smallest absolute Gasteiger partial charge is 0.320 e. The number of carboxylic acid groups (broad SMARTS) is 1. The van der Waals surface area contributed by atoms with Gasteiger partial charge in [0.15, 0.2) is 0 Å². The quantitative estimate of drug-likeness (QED) is 0.813. The molecule has 0 bridgehead atoms. The van der Waals surface area contributed by atoms with Crippen molar-refractivity contribution in [1.82, 2.24) is 9.80 Å². The lowest BCUT2D eigenvalue weighted by Crippen LogP contribution is -2.53. The summed E-state index contributed by atoms with van der Waals surface area (Å²) in [6.07, 6.45) is 1.98. The van der Waals surface area contributed by atoms with E-state index in [2.05, 4.69) is 0 Å². The van der Waals surface area contributed by atoms with Gasteiger partial charge in [-0.25, -0.2) is 4.79 Å². The maximum absolute atomic E-state index is 12.5. The number of hydrogen-bond acceptors (Lipinski definition) is 3. The standard InChI is InChI=1S/C13H22N2O4/c1-13(2)5-4-6-15(13)12(18)14(3)10-8-19-7-9(10)11(16)17/h9-10H,4-8H2,1-3H3,(H,16,17). The molecule has 0 aliphatic carbocycles. The second-order valence-electron chi connectivity index (χ2n) is 6.01. The first-order valence-electron chi connectivity index (χ1n) is 6.69. The Morgan fingerprint density at radius 3 is 2.58 bits per heavy atom. The molecule has 2 unspecified atom stereocenters. The number of likely N-dealkylation sites (N-methyl/N-ethyl adjacent to an activating group) is 1. The van der Waals surface area contributed by atoms with E-state index in [1.165, 1.54) is 0 Å². The van der Waals surface area contributed by atoms with Gasteiger partial charge in [-0.3, -0.25) is 4.79 Å². The average molecular weight is 270 g/mol. The van der Waals surface area contributed by atoms with E-state index in [-0.39, 0.29) is 24.2 Å². The van der Waals surface area contributed by atoms with Crippen LogP contribution in [-0.4, -0.2) is 65.3 Å². The fraction of sp³-hybridized carbons (Fsp3) is 0.846. The van der Waals surface area contributed by atoms with E-state index in [1.807, 2.05) is 18.7 Å². The zero-order valence-corrected chi connectivity index (χ0v) is 11.8. The highest BCUT2D eigenvalue weighted by molar-refractivity contribution is 5.78. The Hall–Kier alpha value is -1.30. The van der Waals surface area contributed by atoms with Gasteiger partial charge >= 0.3 is 12.0 Å². The molecule has 1 N–H and O–H groups in total. The van der Waals surface area contributed by atoms with Gasteiger partial charge < -0.3 is 19.6 Å². The number of carbonyl (C=O) groups is 2. The summed E-state index contributed by atoms with van der Waals surface area (Å²) >= 11 is 0. The zero-order chi connectivity index (χ0) is 14.2. The normalized spacial score (nSPS) is 29.5. The van der Waals surface area contributed by atoms with E-state index in [0.717, 1.165) is 19.4 Å². The predicted octanol–water partition coefficient (Wildman–Crippen LogP) is 1.01. The maximum Gasteiger partial charge on any atom is 0.320 e. The van der Waals surface area contributed by atoms with Crippen molar-refractivity contribution in [1.29, 1.82) is 0 Å². The number of rotatable bonds is 2. The Labute approximate surface area is 113 Å². The van der Waals surface area contributed by atoms with Crippen LogP contribution in [-0.2, 0) is 9.53 Å². The van der Waals surface area contributed by atoms with Crippen LogP contribution in [0, 0.1) is 5.92 Å². The molecule has 0 aromatic heterocycles. The minimum absolute atomic E-state index is 0.0933. The summed E-state index contributed by atoms with van der Waals surface area (Å²) in [4.78, 5) is 27.1. The maximum atomic E-state index is 12.5. The van der Waals surface area contributed by atoms with E-state index in [0.29, 0.717) is 6.61 Å². The highest BCUT2D eigenvalue weighted by atomic mass is 16.5. The third-order valence-corrected chi connectivity index (χ3v) is 4.30. The third-order valence-electron chi connectivity index (χ3n) is 4.30. The van der Waals surface area contributed by atoms with Crippen LogP contribution in [0.1, 0.15) is 26.7 Å². The molecule has 108 valence electrons. The van der Waals surface area contributed by atoms with Crippen LogP contribution in [0.15, 0.2) is 0 Å². The first-order valence-corrected chi connectivity index (χ1v) is 6.69. The fourth-order valence-corrected chi connectivity index (χ4v) is 2.95. The van der Waals surface area contributed by atoms with Crippen molar-refractivity contribution < 1.29 is 19.4 Å². The van der Waals surface area contributed by atoms with Crippen molar-refractivity contribution >= 4 is 12.0 Å². The number of carboxylic acids is 1. The van der Waals surface area contributed by atoms with Gasteiger partial charge in [-0.2, -0.15) is 0 Å². The Kier molecular flexibility index (Phi) is 3.71. The summed E-state index contributed by atoms with van der Waals surface area (Å²) in [5, 5.41) is 9.15. The molecular formula is C13H22N2O4. The third kappa shape index (κ3) is 2.54. The first kappa shape index (κ1) is 14.1. The van der Waals surface area contributed by atoms with Crippen LogP contribution in [0.2, 0.25) is 0 Å². The van der Waals surface area contributed by atoms with E-state index >= 15 is 0 Å². The molecule has 2 aliphatic rings. The summed E-state index contributed by atoms with van der Waals surface area (Å²) in [6, 6.07) is -0.467. The summed E-state index contributed by atoms with van der Waals surface area (Å²) in [6.45, 7) is 5.31. The predicted molar refractivity (Wildman–Crippen MR) is 68.9 cm³/mol. The van der Waals surface area contributed by atoms with Gasteiger partial charge in [0.1, 0.15) is 5.92 Å². The number of nitrogens with zero attached hydrogens (tertiary/aromatic N) is 2. The monoisotopic (exact) mass is 270 g/mol. The molecule has 0 spiro atoms. The molecule has 0 saturated carbocycles. The summed E-state index contributed by atoms with van der Waals surface area (Å²) < 4.78 is 5.22. The van der Waals surface area contributed by atoms with E-state index in [9.17, 15) is 9.59 Å². The Morgan fingerprint density at radius 1 is 1.37 bits per heavy atom. The van der Waals surface area contributed by atoms with E-state index in [4.69, 9.17) is 9.84 Å². The lowest BCUT2D eigenvalue weighted by Gasteiger charge is -2.37. The van der Waals surface area contributed by atoms with Crippen LogP contribution in [0.25, 0.3) is 0 Å². The Morgan fingerprint density at radius 2 is 2.05 bits per heavy atom. The van der Waals surface area contributed by atoms with Crippen molar-refractivity contribution in [2.24, 2.45) is 5.92 Å². The second kappa shape index (κ2) is 5.00. The molecule has 2 saturated heterocycles. The van der Waals surface area contributed by atoms with Crippen LogP contribution in [0.5, 0.6) is 0 Å². The molecule has 2 rings (SSSR count). The van der Waals surface area contributed by atoms with Gasteiger partial charge in [-0.05, 0) is 26.7 Å². The van der Waals surface area contributed by atoms with Crippen molar-refractivity contribution in [3.8, 4) is 0 Å². The molecule has 2 atom stereocenters. The molecule has 0 aromatic carbocycles. The van der Waals surface area contributed by atoms with Gasteiger partial charge in [-0.1, -0.05) is 0 Å². The molecule has 6 heteroatoms. The van der Waals surface area contributed by atoms with Gasteiger partial charge in [0.05, 0.1) is 19.3 Å². The molecule has 2 aliphatic heterocycles. The van der Waals surface area contributed by atoms with Crippen LogP contribution in [0.4, 0.5) is 4.79 Å². The number of hydrogen-bond donors (Lipinski definition) is 1. The van der Waals surface area contributed by atoms with Crippen LogP contribution in [0.3, 0.4) is 0 Å². The molecule has 2 heterocycles. The summed E-state index contributed by atoms with van der Waals surface area (Å²) in [7, 11) is 1.67. The van der Waals surface area contributed by atoms with Gasteiger partial charge in [0.25, 0.3) is 0 Å². The van der Waals surface area contributed by atoms with Crippen molar-refractivity contribution in [3.63, 3.8) is 0 Å². The molecule has 2 amide bonds. The highest BCUT2D eigenvalue weighted by Crippen LogP contribution is 2.30. The topological polar surface area (TPSA) is 70.1 Å². The van der Waals surface area contributed by atoms with Gasteiger partial charge in [0.2, 0.25) is 0 Å². The fourth-order valence-electron chi connectivity index (χ4n) is 2.95. The molecule has 0 radical (unpaired) electrons. The van der Waals surface area contributed by atoms with Gasteiger partial charge in [-0.15, -0.1) is 0 Å². The first-order chi connectivity index (χ1) is 8.84. The molecule has 19 heavy (non-hydrogen) atoms. The second-order valence-corrected chi connectivity index (χ2v) is 6.01. The lowest BCUT2D eigenvalue weighted by molar-refractivity contribution is -0.142. The zero-order valence-electron chi connectivity index (χ0n) is 11.8. The summed E-state index contributed by atoms with van der Waals surface area (Å²) in [5.74, 6) is -1.53. The molecular weight excluding hydrogens is 248 g/mol. The lowest BCUT2D eigenvalue weighted by atomic mass is 10.0. The van der Waals surface area contributed by atoms with Gasteiger partial charge in [0, 0.05) is 19.1 Å². The molecule has 0 aromatic rings. The Balaban J connectivity index is 2.09. The van der Waals surface area contributed by atoms with E-state index < -0.39 is 11.9 Å². The average Bonchev–Trinajstić information content (AvgIpc) is 2.92. The number of urea groups is 1. The minimum atomic E-state index is -0.900. The number of carbonyl (C=O) groups excluding carboxylic acids is 1. The molecule has 2 fully saturated rings. The number of ether oxygens (including phenoxy) is 1. The Bertz CT molecular complexity index is 383. The van der Waals surface area contributed by atoms with Crippen LogP contribution < -0.4 is 0 Å². The SMILES string of the molecule is CN(C(=O)N1CCCC1(C)C)C1COCC1C(=O)O. The largest absolute Gasteiger partial charge is 0.481 e. The summed E-state index contributed by atoms with van der Waals surface area (Å²) in [5.41, 5.74) is -0.149. The van der Waals surface area contributed by atoms with Crippen LogP contribution >= 0.6 is 0 Å². The van der Waals surface area contributed by atoms with E-state index in [1.54, 1.807) is 11.9 Å². The number of aliphatic carboxylic acids is 1. The number of amides is 2. The van der Waals surface area contributed by atoms with Crippen molar-refractivity contribution in [2.45, 2.75) is 38.3 Å². The van der Waals surface area contributed by atoms with Crippen molar-refractivity contribution in [2.75, 3.05) is 26.8 Å². The highest BCUT2D eigenvalue weighted by Gasteiger charge is 2.43. The van der Waals surface area contributed by atoms with Crippen molar-refractivity contribution in [3.05, 3.63) is 0 Å². The number of likely N-dealkylation sites (tertiary alicyclic amines) is 1. The molecule has 6 nitrogen and oxygen atoms in total.